The number of carbonyl (C=O) groups is 2. The molecule has 0 aliphatic rings. The van der Waals surface area contributed by atoms with Crippen LogP contribution in [0.25, 0.3) is 0 Å². The van der Waals surface area contributed by atoms with Crippen molar-refractivity contribution in [1.29, 1.82) is 0 Å². The monoisotopic (exact) mass is 357 g/mol. The predicted molar refractivity (Wildman–Crippen MR) is 88.9 cm³/mol. The Morgan fingerprint density at radius 1 is 1.25 bits per heavy atom. The van der Waals surface area contributed by atoms with E-state index in [-0.39, 0.29) is 17.8 Å². The molecule has 132 valence electrons. The van der Waals surface area contributed by atoms with Crippen LogP contribution in [0.4, 0.5) is 0 Å². The lowest BCUT2D eigenvalue weighted by Crippen LogP contribution is -2.54. The number of hydrogen-bond donors (Lipinski definition) is 1. The molecule has 1 aromatic rings. The van der Waals surface area contributed by atoms with Crippen molar-refractivity contribution < 1.29 is 28.5 Å². The highest BCUT2D eigenvalue weighted by atomic mass is 35.5. The third kappa shape index (κ3) is 7.96. The first-order chi connectivity index (χ1) is 11.2. The number of esters is 1. The number of ether oxygens (including phenoxy) is 2. The third-order valence-corrected chi connectivity index (χ3v) is 3.06. The highest BCUT2D eigenvalue weighted by Crippen LogP contribution is 2.15. The van der Waals surface area contributed by atoms with Crippen molar-refractivity contribution in [3.63, 3.8) is 0 Å². The minimum atomic E-state index is -0.588. The summed E-state index contributed by atoms with van der Waals surface area (Å²) in [5, 5.41) is 0.581. The summed E-state index contributed by atoms with van der Waals surface area (Å²) in [6.45, 7) is 5.37. The van der Waals surface area contributed by atoms with Gasteiger partial charge in [0.25, 0.3) is 0 Å². The van der Waals surface area contributed by atoms with Crippen LogP contribution in [0, 0.1) is 0 Å². The van der Waals surface area contributed by atoms with E-state index in [2.05, 4.69) is 12.2 Å². The smallest absolute Gasteiger partial charge is 0.367 e. The highest BCUT2D eigenvalue weighted by molar-refractivity contribution is 6.30. The Morgan fingerprint density at radius 2 is 1.88 bits per heavy atom. The van der Waals surface area contributed by atoms with Gasteiger partial charge in [0, 0.05) is 16.2 Å². The Bertz CT molecular complexity index is 587. The maximum absolute atomic E-state index is 11.7. The Morgan fingerprint density at radius 3 is 2.46 bits per heavy atom. The van der Waals surface area contributed by atoms with E-state index in [0.29, 0.717) is 22.9 Å². The van der Waals surface area contributed by atoms with E-state index in [1.165, 1.54) is 0 Å². The molecule has 7 nitrogen and oxygen atoms in total. The zero-order valence-electron chi connectivity index (χ0n) is 14.0. The molecule has 1 aromatic carbocycles. The standard InChI is InChI=1S/C16H22ClN2O5/c1-12(2)16(21)22-10-9-19(3,4)18-24-15(20)11-23-14-7-5-13(17)6-8-14/h5-8,18H,1,9-11H2,2-4H3/q+1. The van der Waals surface area contributed by atoms with E-state index in [1.54, 1.807) is 45.3 Å². The van der Waals surface area contributed by atoms with Crippen molar-refractivity contribution in [3.8, 4) is 5.75 Å². The molecule has 0 radical (unpaired) electrons. The van der Waals surface area contributed by atoms with Crippen LogP contribution in [-0.2, 0) is 19.2 Å². The second-order valence-corrected chi connectivity index (χ2v) is 6.07. The average Bonchev–Trinajstić information content (AvgIpc) is 2.52. The summed E-state index contributed by atoms with van der Waals surface area (Å²) < 4.78 is 10.4. The molecule has 8 heteroatoms. The van der Waals surface area contributed by atoms with Crippen LogP contribution in [-0.4, -0.2) is 50.4 Å². The van der Waals surface area contributed by atoms with Gasteiger partial charge in [0.15, 0.2) is 6.61 Å². The van der Waals surface area contributed by atoms with E-state index in [1.807, 2.05) is 0 Å². The Balaban J connectivity index is 2.27. The Hall–Kier alpha value is -2.09. The van der Waals surface area contributed by atoms with Gasteiger partial charge in [-0.2, -0.15) is 0 Å². The number of likely N-dealkylation sites (N-methyl/N-ethyl adjacent to an activating group) is 1. The number of nitrogens with zero attached hydrogens (tertiary/aromatic N) is 1. The van der Waals surface area contributed by atoms with E-state index in [0.717, 1.165) is 0 Å². The summed E-state index contributed by atoms with van der Waals surface area (Å²) >= 11 is 5.76. The fraction of sp³-hybridized carbons (Fsp3) is 0.375. The highest BCUT2D eigenvalue weighted by Gasteiger charge is 2.19. The van der Waals surface area contributed by atoms with Gasteiger partial charge in [-0.3, -0.25) is 0 Å². The lowest BCUT2D eigenvalue weighted by atomic mass is 10.3. The van der Waals surface area contributed by atoms with Crippen molar-refractivity contribution in [1.82, 2.24) is 5.59 Å². The second kappa shape index (κ2) is 9.27. The molecule has 0 aliphatic heterocycles. The number of benzene rings is 1. The van der Waals surface area contributed by atoms with Gasteiger partial charge in [-0.05, 0) is 31.2 Å². The van der Waals surface area contributed by atoms with Gasteiger partial charge in [-0.15, -0.1) is 0 Å². The number of hydrogen-bond acceptors (Lipinski definition) is 6. The zero-order valence-corrected chi connectivity index (χ0v) is 14.8. The number of nitrogens with one attached hydrogen (secondary N) is 1. The van der Waals surface area contributed by atoms with Gasteiger partial charge in [0.1, 0.15) is 18.9 Å². The summed E-state index contributed by atoms with van der Waals surface area (Å²) in [5.74, 6) is -0.532. The molecule has 0 saturated heterocycles. The largest absolute Gasteiger partial charge is 0.482 e. The number of carbonyl (C=O) groups excluding carboxylic acids is 2. The normalized spacial score (nSPS) is 10.8. The molecule has 0 atom stereocenters. The summed E-state index contributed by atoms with van der Waals surface area (Å²) in [7, 11) is 3.50. The molecule has 0 saturated carbocycles. The maximum atomic E-state index is 11.7. The van der Waals surface area contributed by atoms with Gasteiger partial charge in [0.05, 0.1) is 14.1 Å². The fourth-order valence-electron chi connectivity index (χ4n) is 1.41. The van der Waals surface area contributed by atoms with Crippen molar-refractivity contribution in [3.05, 3.63) is 41.4 Å². The molecule has 0 bridgehead atoms. The molecule has 24 heavy (non-hydrogen) atoms. The van der Waals surface area contributed by atoms with E-state index >= 15 is 0 Å². The quantitative estimate of drug-likeness (QED) is 0.315. The maximum Gasteiger partial charge on any atom is 0.367 e. The van der Waals surface area contributed by atoms with E-state index < -0.39 is 11.9 Å². The molecular weight excluding hydrogens is 336 g/mol. The van der Waals surface area contributed by atoms with Gasteiger partial charge in [-0.25, -0.2) is 14.2 Å². The van der Waals surface area contributed by atoms with Crippen molar-refractivity contribution >= 4 is 23.5 Å². The van der Waals surface area contributed by atoms with Gasteiger partial charge in [0.2, 0.25) is 0 Å². The van der Waals surface area contributed by atoms with Crippen LogP contribution in [0.3, 0.4) is 0 Å². The molecule has 1 N–H and O–H groups in total. The number of halogens is 1. The molecular formula is C16H22ClN2O5+. The van der Waals surface area contributed by atoms with Crippen LogP contribution < -0.4 is 10.3 Å². The van der Waals surface area contributed by atoms with Crippen molar-refractivity contribution in [2.75, 3.05) is 33.9 Å². The number of quaternary nitrogens is 1. The van der Waals surface area contributed by atoms with Crippen LogP contribution in [0.5, 0.6) is 5.75 Å². The minimum Gasteiger partial charge on any atom is -0.482 e. The predicted octanol–water partition coefficient (Wildman–Crippen LogP) is 1.88. The molecule has 0 aliphatic carbocycles. The average molecular weight is 358 g/mol. The summed E-state index contributed by atoms with van der Waals surface area (Å²) in [4.78, 5) is 27.9. The first kappa shape index (κ1) is 20.0. The van der Waals surface area contributed by atoms with Crippen LogP contribution >= 0.6 is 11.6 Å². The lowest BCUT2D eigenvalue weighted by Gasteiger charge is -2.27. The molecule has 1 rings (SSSR count). The summed E-state index contributed by atoms with van der Waals surface area (Å²) in [5.41, 5.74) is 2.91. The molecule has 0 fully saturated rings. The van der Waals surface area contributed by atoms with Crippen molar-refractivity contribution in [2.24, 2.45) is 0 Å². The summed E-state index contributed by atoms with van der Waals surface area (Å²) in [6, 6.07) is 6.62. The van der Waals surface area contributed by atoms with Gasteiger partial charge < -0.3 is 14.3 Å². The van der Waals surface area contributed by atoms with Crippen molar-refractivity contribution in [2.45, 2.75) is 6.92 Å². The third-order valence-electron chi connectivity index (χ3n) is 2.81. The number of rotatable bonds is 9. The molecule has 0 heterocycles. The SMILES string of the molecule is C=C(C)C(=O)OCC[N+](C)(C)NOC(=O)COc1ccc(Cl)cc1. The second-order valence-electron chi connectivity index (χ2n) is 5.63. The molecule has 0 spiro atoms. The Labute approximate surface area is 146 Å². The summed E-state index contributed by atoms with van der Waals surface area (Å²) in [6.07, 6.45) is 0. The lowest BCUT2D eigenvalue weighted by molar-refractivity contribution is -0.958. The zero-order chi connectivity index (χ0) is 18.2. The topological polar surface area (TPSA) is 73.9 Å². The van der Waals surface area contributed by atoms with Crippen LogP contribution in [0.2, 0.25) is 5.02 Å². The molecule has 0 amide bonds. The first-order valence-electron chi connectivity index (χ1n) is 7.20. The molecule has 0 unspecified atom stereocenters. The first-order valence-corrected chi connectivity index (χ1v) is 7.58. The van der Waals surface area contributed by atoms with E-state index in [9.17, 15) is 9.59 Å². The van der Waals surface area contributed by atoms with Gasteiger partial charge >= 0.3 is 11.9 Å². The minimum absolute atomic E-state index is 0.107. The van der Waals surface area contributed by atoms with Crippen LogP contribution in [0.15, 0.2) is 36.4 Å². The van der Waals surface area contributed by atoms with Gasteiger partial charge in [-0.1, -0.05) is 18.2 Å². The molecule has 0 aromatic heterocycles. The fourth-order valence-corrected chi connectivity index (χ4v) is 1.54. The van der Waals surface area contributed by atoms with E-state index in [4.69, 9.17) is 25.9 Å². The van der Waals surface area contributed by atoms with Crippen LogP contribution in [0.1, 0.15) is 6.92 Å². The Kier molecular flexibility index (Phi) is 7.70.